The molecule has 4 aromatic carbocycles. The summed E-state index contributed by atoms with van der Waals surface area (Å²) >= 11 is 14.2. The van der Waals surface area contributed by atoms with Gasteiger partial charge in [-0.1, -0.05) is 98.0 Å². The minimum Gasteiger partial charge on any atom is -0.113 e. The quantitative estimate of drug-likeness (QED) is 0.222. The van der Waals surface area contributed by atoms with E-state index in [4.69, 9.17) is 23.2 Å². The maximum atomic E-state index is 7.09. The third-order valence-corrected chi connectivity index (χ3v) is 11.6. The average molecular weight is 457 g/mol. The van der Waals surface area contributed by atoms with E-state index in [2.05, 4.69) is 98.0 Å². The highest BCUT2D eigenvalue weighted by Gasteiger charge is 2.40. The van der Waals surface area contributed by atoms with Gasteiger partial charge >= 0.3 is 0 Å². The highest BCUT2D eigenvalue weighted by Crippen LogP contribution is 2.48. The number of rotatable bonds is 2. The Morgan fingerprint density at radius 2 is 0.903 bits per heavy atom. The van der Waals surface area contributed by atoms with E-state index in [-0.39, 0.29) is 10.8 Å². The lowest BCUT2D eigenvalue weighted by atomic mass is 10.1. The van der Waals surface area contributed by atoms with Gasteiger partial charge in [-0.25, -0.2) is 0 Å². The zero-order chi connectivity index (χ0) is 21.3. The molecular formula is C28H22Cl2Si. The zero-order valence-corrected chi connectivity index (χ0v) is 20.0. The SMILES string of the molecule is C[Si](C)(c1cccc2c1C(Cl)c1ccccc1-2)c1cccc2c1C(Cl)c1ccccc1-2. The maximum Gasteiger partial charge on any atom is 0.113 e. The number of alkyl halides is 2. The van der Waals surface area contributed by atoms with Gasteiger partial charge in [0.2, 0.25) is 0 Å². The second-order valence-electron chi connectivity index (χ2n) is 9.06. The first-order valence-corrected chi connectivity index (χ1v) is 14.6. The fourth-order valence-electron chi connectivity index (χ4n) is 5.62. The van der Waals surface area contributed by atoms with Crippen molar-refractivity contribution < 1.29 is 0 Å². The Balaban J connectivity index is 1.57. The van der Waals surface area contributed by atoms with Crippen LogP contribution in [0.3, 0.4) is 0 Å². The molecule has 2 unspecified atom stereocenters. The van der Waals surface area contributed by atoms with E-state index in [9.17, 15) is 0 Å². The minimum atomic E-state index is -2.10. The van der Waals surface area contributed by atoms with Crippen molar-refractivity contribution >= 4 is 41.6 Å². The van der Waals surface area contributed by atoms with Crippen molar-refractivity contribution in [2.75, 3.05) is 0 Å². The molecule has 31 heavy (non-hydrogen) atoms. The zero-order valence-electron chi connectivity index (χ0n) is 17.5. The van der Waals surface area contributed by atoms with Crippen molar-refractivity contribution in [2.24, 2.45) is 0 Å². The fraction of sp³-hybridized carbons (Fsp3) is 0.143. The molecule has 2 aliphatic carbocycles. The van der Waals surface area contributed by atoms with E-state index in [1.54, 1.807) is 0 Å². The number of hydrogen-bond acceptors (Lipinski definition) is 0. The third kappa shape index (κ3) is 2.61. The molecule has 0 aliphatic heterocycles. The molecular weight excluding hydrogens is 435 g/mol. The Hall–Kier alpha value is -2.32. The molecule has 0 spiro atoms. The van der Waals surface area contributed by atoms with E-state index < -0.39 is 8.07 Å². The largest absolute Gasteiger partial charge is 0.113 e. The van der Waals surface area contributed by atoms with E-state index in [0.717, 1.165) is 0 Å². The summed E-state index contributed by atoms with van der Waals surface area (Å²) in [5, 5.41) is 2.62. The molecule has 2 aliphatic rings. The lowest BCUT2D eigenvalue weighted by Crippen LogP contribution is -2.55. The topological polar surface area (TPSA) is 0 Å². The Kier molecular flexibility index (Phi) is 4.27. The number of fused-ring (bicyclic) bond motifs is 6. The summed E-state index contributed by atoms with van der Waals surface area (Å²) in [6.07, 6.45) is 0. The average Bonchev–Trinajstić information content (AvgIpc) is 3.26. The fourth-order valence-corrected chi connectivity index (χ4v) is 9.87. The van der Waals surface area contributed by atoms with Crippen LogP contribution in [0.15, 0.2) is 84.9 Å². The van der Waals surface area contributed by atoms with Crippen molar-refractivity contribution in [1.29, 1.82) is 0 Å². The number of benzene rings is 4. The van der Waals surface area contributed by atoms with E-state index in [0.29, 0.717) is 0 Å². The first-order valence-electron chi connectivity index (χ1n) is 10.7. The standard InChI is InChI=1S/C28H22Cl2Si/c1-31(2,23-15-7-13-19-17-9-3-5-11-21(17)27(29)25(19)23)24-16-8-14-20-18-10-4-6-12-22(18)28(30)26(20)24/h3-16,27-28H,1-2H3. The van der Waals surface area contributed by atoms with Crippen molar-refractivity contribution in [2.45, 2.75) is 23.8 Å². The van der Waals surface area contributed by atoms with Crippen LogP contribution in [-0.4, -0.2) is 8.07 Å². The summed E-state index contributed by atoms with van der Waals surface area (Å²) in [4.78, 5) is 0. The molecule has 6 rings (SSSR count). The van der Waals surface area contributed by atoms with Crippen molar-refractivity contribution in [1.82, 2.24) is 0 Å². The summed E-state index contributed by atoms with van der Waals surface area (Å²) in [5.74, 6) is 0. The smallest absolute Gasteiger partial charge is 0.113 e. The third-order valence-electron chi connectivity index (χ3n) is 7.11. The van der Waals surface area contributed by atoms with Gasteiger partial charge in [-0.05, 0) is 54.9 Å². The molecule has 0 saturated carbocycles. The predicted molar refractivity (Wildman–Crippen MR) is 136 cm³/mol. The molecule has 0 N–H and O–H groups in total. The van der Waals surface area contributed by atoms with Crippen LogP contribution in [-0.2, 0) is 0 Å². The monoisotopic (exact) mass is 456 g/mol. The molecule has 0 radical (unpaired) electrons. The summed E-state index contributed by atoms with van der Waals surface area (Å²) in [5.41, 5.74) is 10.1. The summed E-state index contributed by atoms with van der Waals surface area (Å²) in [6, 6.07) is 30.5. The molecule has 3 heteroatoms. The first kappa shape index (κ1) is 19.4. The molecule has 0 heterocycles. The van der Waals surface area contributed by atoms with Crippen LogP contribution in [0, 0.1) is 0 Å². The normalized spacial score (nSPS) is 18.3. The van der Waals surface area contributed by atoms with Gasteiger partial charge in [-0.3, -0.25) is 0 Å². The van der Waals surface area contributed by atoms with Crippen molar-refractivity contribution in [3.63, 3.8) is 0 Å². The van der Waals surface area contributed by atoms with Crippen LogP contribution < -0.4 is 10.4 Å². The van der Waals surface area contributed by atoms with Gasteiger partial charge in [0.25, 0.3) is 0 Å². The molecule has 2 atom stereocenters. The van der Waals surface area contributed by atoms with Gasteiger partial charge in [-0.15, -0.1) is 23.2 Å². The number of halogens is 2. The highest BCUT2D eigenvalue weighted by molar-refractivity contribution is 7.01. The second kappa shape index (κ2) is 6.84. The van der Waals surface area contributed by atoms with Crippen molar-refractivity contribution in [3.8, 4) is 22.3 Å². The lowest BCUT2D eigenvalue weighted by molar-refractivity contribution is 1.21. The van der Waals surface area contributed by atoms with Crippen LogP contribution >= 0.6 is 23.2 Å². The van der Waals surface area contributed by atoms with Crippen LogP contribution in [0.1, 0.15) is 33.0 Å². The van der Waals surface area contributed by atoms with Crippen LogP contribution in [0.25, 0.3) is 22.3 Å². The van der Waals surface area contributed by atoms with E-state index in [1.807, 2.05) is 0 Å². The minimum absolute atomic E-state index is 0.102. The maximum absolute atomic E-state index is 7.09. The summed E-state index contributed by atoms with van der Waals surface area (Å²) in [6.45, 7) is 4.88. The molecule has 0 bridgehead atoms. The molecule has 0 nitrogen and oxygen atoms in total. The van der Waals surface area contributed by atoms with Crippen molar-refractivity contribution in [3.05, 3.63) is 107 Å². The Morgan fingerprint density at radius 3 is 1.35 bits per heavy atom. The summed E-state index contributed by atoms with van der Waals surface area (Å²) in [7, 11) is -2.10. The summed E-state index contributed by atoms with van der Waals surface area (Å²) < 4.78 is 0. The highest BCUT2D eigenvalue weighted by atomic mass is 35.5. The Morgan fingerprint density at radius 1 is 0.516 bits per heavy atom. The van der Waals surface area contributed by atoms with Gasteiger partial charge in [0.15, 0.2) is 0 Å². The van der Waals surface area contributed by atoms with E-state index in [1.165, 1.54) is 54.9 Å². The van der Waals surface area contributed by atoms with E-state index >= 15 is 0 Å². The van der Waals surface area contributed by atoms with Gasteiger partial charge < -0.3 is 0 Å². The van der Waals surface area contributed by atoms with Gasteiger partial charge in [-0.2, -0.15) is 0 Å². The van der Waals surface area contributed by atoms with Gasteiger partial charge in [0.05, 0.1) is 10.8 Å². The Labute approximate surface area is 194 Å². The second-order valence-corrected chi connectivity index (χ2v) is 14.3. The van der Waals surface area contributed by atoms with Gasteiger partial charge in [0, 0.05) is 0 Å². The van der Waals surface area contributed by atoms with Crippen LogP contribution in [0.4, 0.5) is 0 Å². The molecule has 0 saturated heterocycles. The molecule has 0 fully saturated rings. The van der Waals surface area contributed by atoms with Crippen LogP contribution in [0.5, 0.6) is 0 Å². The molecule has 4 aromatic rings. The lowest BCUT2D eigenvalue weighted by Gasteiger charge is -2.30. The predicted octanol–water partition coefficient (Wildman–Crippen LogP) is 7.13. The van der Waals surface area contributed by atoms with Crippen LogP contribution in [0.2, 0.25) is 13.1 Å². The Bertz CT molecular complexity index is 1250. The number of hydrogen-bond donors (Lipinski definition) is 0. The first-order chi connectivity index (χ1) is 15.0. The van der Waals surface area contributed by atoms with Gasteiger partial charge in [0.1, 0.15) is 8.07 Å². The molecule has 0 aromatic heterocycles. The molecule has 152 valence electrons. The molecule has 0 amide bonds.